The van der Waals surface area contributed by atoms with E-state index in [-0.39, 0.29) is 22.5 Å². The highest BCUT2D eigenvalue weighted by atomic mass is 31.3. The first-order chi connectivity index (χ1) is 25.3. The third-order valence-electron chi connectivity index (χ3n) is 8.20. The number of carboxylic acids is 1. The number of nitrogen functional groups attached to an aromatic ring is 1. The fourth-order valence-electron chi connectivity index (χ4n) is 5.74. The molecule has 5 heterocycles. The Bertz CT molecular complexity index is 2150. The largest absolute Gasteiger partial charge is 0.481 e. The van der Waals surface area contributed by atoms with Crippen molar-refractivity contribution in [1.29, 1.82) is 0 Å². The van der Waals surface area contributed by atoms with Crippen molar-refractivity contribution in [3.63, 3.8) is 0 Å². The highest BCUT2D eigenvalue weighted by molar-refractivity contribution is 7.61. The van der Waals surface area contributed by atoms with Crippen LogP contribution in [-0.4, -0.2) is 115 Å². The molecule has 0 saturated carbocycles. The molecule has 3 aromatic heterocycles. The lowest BCUT2D eigenvalue weighted by Gasteiger charge is -2.22. The fourth-order valence-corrected chi connectivity index (χ4v) is 8.38. The number of carboxylic acid groups (broad SMARTS) is 1. The third-order valence-corrected chi connectivity index (χ3v) is 11.3. The van der Waals surface area contributed by atoms with Crippen LogP contribution in [0.25, 0.3) is 22.3 Å². The van der Waals surface area contributed by atoms with E-state index in [1.807, 2.05) is 0 Å². The number of phosphoric acid groups is 3. The zero-order valence-electron chi connectivity index (χ0n) is 27.1. The maximum atomic E-state index is 12.7. The molecule has 2 unspecified atom stereocenters. The molecule has 24 nitrogen and oxygen atoms in total. The van der Waals surface area contributed by atoms with Crippen LogP contribution in [0.4, 0.5) is 5.82 Å². The first-order valence-corrected chi connectivity index (χ1v) is 19.9. The van der Waals surface area contributed by atoms with E-state index in [9.17, 15) is 58.5 Å². The van der Waals surface area contributed by atoms with Crippen LogP contribution in [0, 0.1) is 0 Å². The van der Waals surface area contributed by atoms with E-state index in [1.54, 1.807) is 18.2 Å². The first-order valence-electron chi connectivity index (χ1n) is 15.4. The van der Waals surface area contributed by atoms with Crippen molar-refractivity contribution < 1.29 is 90.4 Å². The van der Waals surface area contributed by atoms with E-state index < -0.39 is 91.7 Å². The van der Waals surface area contributed by atoms with Crippen molar-refractivity contribution in [3.05, 3.63) is 67.0 Å². The van der Waals surface area contributed by atoms with Gasteiger partial charge in [-0.3, -0.25) is 18.1 Å². The molecule has 0 bridgehead atoms. The van der Waals surface area contributed by atoms with Crippen LogP contribution in [0.5, 0.6) is 0 Å². The van der Waals surface area contributed by atoms with Crippen LogP contribution < -0.4 is 10.3 Å². The number of phosphoric ester groups is 3. The number of carbonyl (C=O) groups is 1. The number of nitrogens with two attached hydrogens (primary N) is 1. The summed E-state index contributed by atoms with van der Waals surface area (Å²) in [4.78, 5) is 62.6. The van der Waals surface area contributed by atoms with E-state index in [2.05, 4.69) is 19.3 Å². The summed E-state index contributed by atoms with van der Waals surface area (Å²) < 4.78 is 69.1. The molecule has 4 aromatic rings. The Morgan fingerprint density at radius 2 is 1.50 bits per heavy atom. The Hall–Kier alpha value is -3.64. The zero-order valence-corrected chi connectivity index (χ0v) is 29.8. The molecule has 1 aromatic carbocycles. The average molecular weight is 821 g/mol. The molecule has 0 amide bonds. The van der Waals surface area contributed by atoms with Crippen molar-refractivity contribution >= 4 is 46.4 Å². The second kappa shape index (κ2) is 15.5. The molecular weight excluding hydrogens is 789 g/mol. The highest BCUT2D eigenvalue weighted by Gasteiger charge is 2.51. The Balaban J connectivity index is 1.06. The number of fused-ring (bicyclic) bond motifs is 1. The molecule has 0 aliphatic carbocycles. The first kappa shape index (κ1) is 40.0. The number of rotatable bonds is 14. The average Bonchev–Trinajstić information content (AvgIpc) is 3.75. The van der Waals surface area contributed by atoms with Gasteiger partial charge in [0, 0.05) is 12.1 Å². The van der Waals surface area contributed by atoms with Gasteiger partial charge >= 0.3 is 29.4 Å². The predicted molar refractivity (Wildman–Crippen MR) is 174 cm³/mol. The van der Waals surface area contributed by atoms with Crippen molar-refractivity contribution in [2.24, 2.45) is 0 Å². The number of anilines is 1. The molecule has 2 fully saturated rings. The van der Waals surface area contributed by atoms with E-state index in [4.69, 9.17) is 28.8 Å². The molecule has 54 heavy (non-hydrogen) atoms. The van der Waals surface area contributed by atoms with Crippen LogP contribution in [0.2, 0.25) is 0 Å². The third kappa shape index (κ3) is 8.75. The molecule has 0 spiro atoms. The van der Waals surface area contributed by atoms with Gasteiger partial charge in [-0.1, -0.05) is 18.2 Å². The SMILES string of the molecule is Nc1ncnc2c1ncn2[C@@H]1O[C@H](COP(=O)(O)OP(=O)(O)OC[C@H]2O[C@@H]([n+]3ccc(-c4ccccc4C(=O)O)cc3)[C@H](O)[C@@H]2O)[C@@H](O)[C@H]1OP(=O)(O)O. The summed E-state index contributed by atoms with van der Waals surface area (Å²) in [5.41, 5.74) is 6.82. The van der Waals surface area contributed by atoms with Gasteiger partial charge in [-0.25, -0.2) is 33.4 Å². The molecule has 27 heteroatoms. The lowest BCUT2D eigenvalue weighted by molar-refractivity contribution is -0.765. The van der Waals surface area contributed by atoms with Gasteiger partial charge < -0.3 is 55.2 Å². The van der Waals surface area contributed by atoms with Crippen molar-refractivity contribution in [2.75, 3.05) is 18.9 Å². The minimum atomic E-state index is -5.54. The fraction of sp³-hybridized carbons (Fsp3) is 0.370. The molecule has 6 rings (SSSR count). The maximum Gasteiger partial charge on any atom is 0.481 e. The molecule has 2 aliphatic heterocycles. The number of ether oxygens (including phenoxy) is 2. The zero-order chi connectivity index (χ0) is 39.2. The normalized spacial score (nSPS) is 28.2. The summed E-state index contributed by atoms with van der Waals surface area (Å²) in [5.74, 6) is -1.20. The van der Waals surface area contributed by atoms with Crippen molar-refractivity contribution in [1.82, 2.24) is 19.5 Å². The molecular formula is C27H32N6O18P3+. The van der Waals surface area contributed by atoms with Crippen LogP contribution in [-0.2, 0) is 41.1 Å². The molecule has 2 aliphatic rings. The second-order valence-electron chi connectivity index (χ2n) is 11.7. The summed E-state index contributed by atoms with van der Waals surface area (Å²) in [6.45, 7) is -2.03. The predicted octanol–water partition coefficient (Wildman–Crippen LogP) is -0.633. The van der Waals surface area contributed by atoms with Crippen LogP contribution in [0.1, 0.15) is 22.8 Å². The number of aliphatic hydroxyl groups excluding tert-OH is 3. The summed E-state index contributed by atoms with van der Waals surface area (Å²) in [5, 5.41) is 41.4. The number of hydrogen-bond donors (Lipinski definition) is 9. The van der Waals surface area contributed by atoms with Crippen LogP contribution in [0.15, 0.2) is 61.4 Å². The number of imidazole rings is 1. The molecule has 10 atom stereocenters. The number of aromatic nitrogens is 5. The molecule has 292 valence electrons. The summed E-state index contributed by atoms with van der Waals surface area (Å²) in [6, 6.07) is 9.33. The quantitative estimate of drug-likeness (QED) is 0.0564. The number of hydrogen-bond acceptors (Lipinski definition) is 17. The van der Waals surface area contributed by atoms with Gasteiger partial charge in [0.05, 0.1) is 25.1 Å². The van der Waals surface area contributed by atoms with Gasteiger partial charge in [0.25, 0.3) is 6.23 Å². The second-order valence-corrected chi connectivity index (χ2v) is 16.0. The van der Waals surface area contributed by atoms with Crippen LogP contribution >= 0.6 is 23.5 Å². The summed E-state index contributed by atoms with van der Waals surface area (Å²) in [6.07, 6.45) is -8.05. The van der Waals surface area contributed by atoms with Gasteiger partial charge in [-0.05, 0) is 17.2 Å². The summed E-state index contributed by atoms with van der Waals surface area (Å²) in [7, 11) is -16.3. The van der Waals surface area contributed by atoms with Gasteiger partial charge in [0.1, 0.15) is 42.4 Å². The Morgan fingerprint density at radius 3 is 2.13 bits per heavy atom. The molecule has 10 N–H and O–H groups in total. The van der Waals surface area contributed by atoms with Gasteiger partial charge in [-0.15, -0.1) is 0 Å². The smallest absolute Gasteiger partial charge is 0.478 e. The van der Waals surface area contributed by atoms with Crippen LogP contribution in [0.3, 0.4) is 0 Å². The van der Waals surface area contributed by atoms with E-state index >= 15 is 0 Å². The van der Waals surface area contributed by atoms with E-state index in [0.29, 0.717) is 11.1 Å². The van der Waals surface area contributed by atoms with Gasteiger partial charge in [0.2, 0.25) is 0 Å². The summed E-state index contributed by atoms with van der Waals surface area (Å²) >= 11 is 0. The number of aromatic carboxylic acids is 1. The van der Waals surface area contributed by atoms with E-state index in [0.717, 1.165) is 17.2 Å². The number of aliphatic hydroxyl groups is 3. The van der Waals surface area contributed by atoms with Gasteiger partial charge in [-0.2, -0.15) is 8.88 Å². The monoisotopic (exact) mass is 821 g/mol. The number of nitrogens with zero attached hydrogens (tertiary/aromatic N) is 5. The molecule has 0 radical (unpaired) electrons. The standard InChI is InChI=1S/C27H31N6O18P3/c28-23-18-24(30-11-29-23)33(12-31-18)26-22(50-52(39,40)41)20(35)17(49-26)10-47-54(44,45)51-53(42,43)46-9-16-19(34)21(36)25(48-16)32-7-5-13(6-8-32)14-3-1-2-4-15(14)27(37)38/h1-8,11-12,16-17,19-22,25-26,34-36H,9-10H2,(H6-,28,29,30,37,38,39,40,41,42,43,44,45)/p+1/t16-,17-,19-,20-,21-,22-,25-,26-/m1/s1. The van der Waals surface area contributed by atoms with Crippen molar-refractivity contribution in [2.45, 2.75) is 49.1 Å². The Labute approximate surface area is 302 Å². The Kier molecular flexibility index (Phi) is 11.5. The number of pyridine rings is 1. The Morgan fingerprint density at radius 1 is 0.870 bits per heavy atom. The lowest BCUT2D eigenvalue weighted by atomic mass is 10.0. The number of benzene rings is 1. The van der Waals surface area contributed by atoms with E-state index in [1.165, 1.54) is 35.2 Å². The maximum absolute atomic E-state index is 12.7. The lowest BCUT2D eigenvalue weighted by Crippen LogP contribution is -2.45. The van der Waals surface area contributed by atoms with Crippen molar-refractivity contribution in [3.8, 4) is 11.1 Å². The molecule has 2 saturated heterocycles. The van der Waals surface area contributed by atoms with Gasteiger partial charge in [0.15, 0.2) is 36.2 Å². The minimum absolute atomic E-state index is 0.000881. The minimum Gasteiger partial charge on any atom is -0.478 e. The topological polar surface area (TPSA) is 359 Å². The highest BCUT2D eigenvalue weighted by Crippen LogP contribution is 2.61.